The van der Waals surface area contributed by atoms with E-state index in [2.05, 4.69) is 5.32 Å². The van der Waals surface area contributed by atoms with Gasteiger partial charge < -0.3 is 14.8 Å². The Morgan fingerprint density at radius 2 is 1.90 bits per heavy atom. The number of rotatable bonds is 5. The van der Waals surface area contributed by atoms with Crippen molar-refractivity contribution < 1.29 is 23.5 Å². The summed E-state index contributed by atoms with van der Waals surface area (Å²) in [5.41, 5.74) is -0.625. The summed E-state index contributed by atoms with van der Waals surface area (Å²) in [5, 5.41) is 2.43. The van der Waals surface area contributed by atoms with Crippen LogP contribution in [0, 0.1) is 5.82 Å². The number of hydrogen-bond acceptors (Lipinski definition) is 4. The minimum atomic E-state index is -0.805. The molecule has 0 spiro atoms. The van der Waals surface area contributed by atoms with E-state index in [-0.39, 0.29) is 12.4 Å². The average Bonchev–Trinajstić information content (AvgIpc) is 2.35. The third kappa shape index (κ3) is 6.25. The Morgan fingerprint density at radius 1 is 1.29 bits per heavy atom. The van der Waals surface area contributed by atoms with Crippen LogP contribution in [0.1, 0.15) is 27.7 Å². The Kier molecular flexibility index (Phi) is 5.69. The lowest BCUT2D eigenvalue weighted by atomic mass is 10.2. The van der Waals surface area contributed by atoms with Gasteiger partial charge in [-0.2, -0.15) is 0 Å². The van der Waals surface area contributed by atoms with Crippen LogP contribution < -0.4 is 10.1 Å². The Labute approximate surface area is 123 Å². The SMILES string of the molecule is C[C@H](NC(=O)COc1ccccc1F)C(=O)OC(C)(C)C. The molecule has 116 valence electrons. The second-order valence-corrected chi connectivity index (χ2v) is 5.54. The molecule has 0 aliphatic carbocycles. The molecule has 6 heteroatoms. The van der Waals surface area contributed by atoms with E-state index in [9.17, 15) is 14.0 Å². The molecule has 5 nitrogen and oxygen atoms in total. The van der Waals surface area contributed by atoms with Gasteiger partial charge in [0.25, 0.3) is 5.91 Å². The van der Waals surface area contributed by atoms with E-state index in [4.69, 9.17) is 9.47 Å². The number of para-hydroxylation sites is 1. The van der Waals surface area contributed by atoms with Crippen LogP contribution in [0.5, 0.6) is 5.75 Å². The monoisotopic (exact) mass is 297 g/mol. The molecule has 0 aliphatic rings. The molecule has 0 aromatic heterocycles. The number of hydrogen-bond donors (Lipinski definition) is 1. The van der Waals surface area contributed by atoms with Crippen LogP contribution in [-0.2, 0) is 14.3 Å². The Morgan fingerprint density at radius 3 is 2.48 bits per heavy atom. The standard InChI is InChI=1S/C15H20FNO4/c1-10(14(19)21-15(2,3)4)17-13(18)9-20-12-8-6-5-7-11(12)16/h5-8,10H,9H2,1-4H3,(H,17,18)/t10-/m0/s1. The zero-order valence-electron chi connectivity index (χ0n) is 12.6. The van der Waals surface area contributed by atoms with E-state index in [0.717, 1.165) is 0 Å². The second kappa shape index (κ2) is 7.06. The number of carbonyl (C=O) groups is 2. The molecule has 1 aromatic carbocycles. The summed E-state index contributed by atoms with van der Waals surface area (Å²) in [6.45, 7) is 6.34. The summed E-state index contributed by atoms with van der Waals surface area (Å²) in [4.78, 5) is 23.3. The minimum absolute atomic E-state index is 0.0161. The van der Waals surface area contributed by atoms with Gasteiger partial charge in [0.15, 0.2) is 18.2 Å². The van der Waals surface area contributed by atoms with Gasteiger partial charge in [0, 0.05) is 0 Å². The van der Waals surface area contributed by atoms with Crippen molar-refractivity contribution in [3.05, 3.63) is 30.1 Å². The first-order valence-corrected chi connectivity index (χ1v) is 6.58. The fourth-order valence-corrected chi connectivity index (χ4v) is 1.44. The first-order valence-electron chi connectivity index (χ1n) is 6.58. The van der Waals surface area contributed by atoms with Crippen molar-refractivity contribution in [2.75, 3.05) is 6.61 Å². The molecule has 0 fully saturated rings. The van der Waals surface area contributed by atoms with Crippen molar-refractivity contribution >= 4 is 11.9 Å². The largest absolute Gasteiger partial charge is 0.481 e. The molecular weight excluding hydrogens is 277 g/mol. The van der Waals surface area contributed by atoms with Crippen molar-refractivity contribution in [3.8, 4) is 5.75 Å². The lowest BCUT2D eigenvalue weighted by molar-refractivity contribution is -0.158. The smallest absolute Gasteiger partial charge is 0.328 e. The maximum absolute atomic E-state index is 13.3. The summed E-state index contributed by atoms with van der Waals surface area (Å²) >= 11 is 0. The number of amides is 1. The molecule has 0 heterocycles. The Bertz CT molecular complexity index is 511. The van der Waals surface area contributed by atoms with Gasteiger partial charge in [-0.3, -0.25) is 4.79 Å². The van der Waals surface area contributed by atoms with Gasteiger partial charge >= 0.3 is 5.97 Å². The lowest BCUT2D eigenvalue weighted by Gasteiger charge is -2.22. The fraction of sp³-hybridized carbons (Fsp3) is 0.467. The molecule has 0 saturated heterocycles. The van der Waals surface area contributed by atoms with E-state index in [1.807, 2.05) is 0 Å². The van der Waals surface area contributed by atoms with Gasteiger partial charge in [-0.1, -0.05) is 12.1 Å². The topological polar surface area (TPSA) is 64.6 Å². The molecule has 1 atom stereocenters. The van der Waals surface area contributed by atoms with Gasteiger partial charge in [-0.25, -0.2) is 9.18 Å². The highest BCUT2D eigenvalue weighted by molar-refractivity contribution is 5.85. The normalized spacial score (nSPS) is 12.4. The highest BCUT2D eigenvalue weighted by Crippen LogP contribution is 2.15. The highest BCUT2D eigenvalue weighted by atomic mass is 19.1. The number of esters is 1. The minimum Gasteiger partial charge on any atom is -0.481 e. The third-order valence-electron chi connectivity index (χ3n) is 2.33. The number of nitrogens with one attached hydrogen (secondary N) is 1. The van der Waals surface area contributed by atoms with Gasteiger partial charge in [0.1, 0.15) is 11.6 Å². The van der Waals surface area contributed by atoms with Gasteiger partial charge in [-0.15, -0.1) is 0 Å². The van der Waals surface area contributed by atoms with Crippen LogP contribution in [0.15, 0.2) is 24.3 Å². The van der Waals surface area contributed by atoms with Crippen LogP contribution in [0.25, 0.3) is 0 Å². The predicted octanol–water partition coefficient (Wildman–Crippen LogP) is 2.05. The quantitative estimate of drug-likeness (QED) is 0.845. The molecule has 0 saturated carbocycles. The summed E-state index contributed by atoms with van der Waals surface area (Å²) in [6, 6.07) is 4.96. The van der Waals surface area contributed by atoms with Crippen LogP contribution in [0.2, 0.25) is 0 Å². The summed E-state index contributed by atoms with van der Waals surface area (Å²) in [5.74, 6) is -1.64. The predicted molar refractivity (Wildman–Crippen MR) is 75.3 cm³/mol. The third-order valence-corrected chi connectivity index (χ3v) is 2.33. The zero-order chi connectivity index (χ0) is 16.0. The molecule has 0 radical (unpaired) electrons. The fourth-order valence-electron chi connectivity index (χ4n) is 1.44. The van der Waals surface area contributed by atoms with E-state index in [1.54, 1.807) is 26.8 Å². The van der Waals surface area contributed by atoms with Crippen molar-refractivity contribution in [2.24, 2.45) is 0 Å². The maximum Gasteiger partial charge on any atom is 0.328 e. The summed E-state index contributed by atoms with van der Waals surface area (Å²) in [7, 11) is 0. The number of benzene rings is 1. The first kappa shape index (κ1) is 16.9. The molecule has 1 N–H and O–H groups in total. The van der Waals surface area contributed by atoms with Crippen LogP contribution >= 0.6 is 0 Å². The molecule has 0 bridgehead atoms. The Hall–Kier alpha value is -2.11. The number of carbonyl (C=O) groups excluding carboxylic acids is 2. The molecule has 0 unspecified atom stereocenters. The van der Waals surface area contributed by atoms with Gasteiger partial charge in [-0.05, 0) is 39.8 Å². The molecule has 21 heavy (non-hydrogen) atoms. The Balaban J connectivity index is 2.43. The zero-order valence-corrected chi connectivity index (χ0v) is 12.6. The number of ether oxygens (including phenoxy) is 2. The van der Waals surface area contributed by atoms with E-state index in [0.29, 0.717) is 0 Å². The van der Waals surface area contributed by atoms with E-state index < -0.39 is 29.3 Å². The van der Waals surface area contributed by atoms with Gasteiger partial charge in [0.05, 0.1) is 0 Å². The average molecular weight is 297 g/mol. The van der Waals surface area contributed by atoms with Crippen LogP contribution in [0.4, 0.5) is 4.39 Å². The van der Waals surface area contributed by atoms with E-state index in [1.165, 1.54) is 25.1 Å². The van der Waals surface area contributed by atoms with Crippen LogP contribution in [-0.4, -0.2) is 30.1 Å². The molecule has 1 amide bonds. The van der Waals surface area contributed by atoms with Crippen molar-refractivity contribution in [1.82, 2.24) is 5.32 Å². The molecule has 1 aromatic rings. The second-order valence-electron chi connectivity index (χ2n) is 5.54. The number of halogens is 1. The van der Waals surface area contributed by atoms with Crippen molar-refractivity contribution in [3.63, 3.8) is 0 Å². The summed E-state index contributed by atoms with van der Waals surface area (Å²) in [6.07, 6.45) is 0. The maximum atomic E-state index is 13.3. The summed E-state index contributed by atoms with van der Waals surface area (Å²) < 4.78 is 23.5. The van der Waals surface area contributed by atoms with Crippen molar-refractivity contribution in [2.45, 2.75) is 39.3 Å². The molecule has 1 rings (SSSR count). The first-order chi connectivity index (χ1) is 9.69. The lowest BCUT2D eigenvalue weighted by Crippen LogP contribution is -2.43. The van der Waals surface area contributed by atoms with Crippen LogP contribution in [0.3, 0.4) is 0 Å². The molecular formula is C15H20FNO4. The van der Waals surface area contributed by atoms with Crippen molar-refractivity contribution in [1.29, 1.82) is 0 Å². The van der Waals surface area contributed by atoms with Gasteiger partial charge in [0.2, 0.25) is 0 Å². The molecule has 0 aliphatic heterocycles. The van der Waals surface area contributed by atoms with E-state index >= 15 is 0 Å². The highest BCUT2D eigenvalue weighted by Gasteiger charge is 2.23.